The van der Waals surface area contributed by atoms with E-state index < -0.39 is 11.8 Å². The molecule has 88 valence electrons. The molecule has 0 aromatic carbocycles. The number of carbonyl (C=O) groups is 1. The number of carboxylic acids is 1. The Kier molecular flexibility index (Phi) is 3.47. The first-order valence-electron chi connectivity index (χ1n) is 5.03. The number of anilines is 1. The molecule has 5 heteroatoms. The molecule has 0 radical (unpaired) electrons. The molecule has 0 aliphatic rings. The van der Waals surface area contributed by atoms with Crippen LogP contribution in [0.25, 0.3) is 0 Å². The highest BCUT2D eigenvalue weighted by atomic mass is 19.1. The summed E-state index contributed by atoms with van der Waals surface area (Å²) in [6.07, 6.45) is 2.05. The first kappa shape index (κ1) is 12.4. The average molecular weight is 226 g/mol. The lowest BCUT2D eigenvalue weighted by molar-refractivity contribution is 0.0691. The van der Waals surface area contributed by atoms with Gasteiger partial charge in [-0.3, -0.25) is 0 Å². The van der Waals surface area contributed by atoms with Crippen LogP contribution in [-0.2, 0) is 0 Å². The Balaban J connectivity index is 3.07. The Morgan fingerprint density at radius 1 is 1.62 bits per heavy atom. The van der Waals surface area contributed by atoms with Crippen LogP contribution in [0.2, 0.25) is 0 Å². The van der Waals surface area contributed by atoms with Gasteiger partial charge in [-0.05, 0) is 26.3 Å². The number of pyridine rings is 1. The molecule has 1 heterocycles. The number of aromatic carboxylic acids is 1. The minimum atomic E-state index is -1.29. The predicted octanol–water partition coefficient (Wildman–Crippen LogP) is 2.52. The van der Waals surface area contributed by atoms with Crippen molar-refractivity contribution in [2.75, 3.05) is 5.32 Å². The average Bonchev–Trinajstić information content (AvgIpc) is 2.20. The van der Waals surface area contributed by atoms with E-state index in [0.717, 1.165) is 12.5 Å². The van der Waals surface area contributed by atoms with Crippen LogP contribution < -0.4 is 5.32 Å². The van der Waals surface area contributed by atoms with Crippen LogP contribution in [-0.4, -0.2) is 21.6 Å². The normalized spacial score (nSPS) is 11.2. The van der Waals surface area contributed by atoms with Gasteiger partial charge in [0.05, 0.1) is 0 Å². The zero-order valence-electron chi connectivity index (χ0n) is 9.54. The quantitative estimate of drug-likeness (QED) is 0.828. The van der Waals surface area contributed by atoms with E-state index >= 15 is 0 Å². The molecule has 0 bridgehead atoms. The molecule has 0 saturated carbocycles. The number of nitrogens with zero attached hydrogens (tertiary/aromatic N) is 1. The van der Waals surface area contributed by atoms with Crippen LogP contribution in [0.15, 0.2) is 12.3 Å². The Labute approximate surface area is 93.5 Å². The molecule has 1 rings (SSSR count). The van der Waals surface area contributed by atoms with Crippen molar-refractivity contribution in [3.63, 3.8) is 0 Å². The monoisotopic (exact) mass is 226 g/mol. The van der Waals surface area contributed by atoms with Crippen LogP contribution in [0.3, 0.4) is 0 Å². The van der Waals surface area contributed by atoms with Crippen molar-refractivity contribution in [3.05, 3.63) is 23.6 Å². The van der Waals surface area contributed by atoms with E-state index in [1.165, 1.54) is 6.20 Å². The summed E-state index contributed by atoms with van der Waals surface area (Å²) in [7, 11) is 0. The van der Waals surface area contributed by atoms with E-state index in [9.17, 15) is 9.18 Å². The molecule has 2 N–H and O–H groups in total. The second-order valence-corrected chi connectivity index (χ2v) is 4.19. The highest BCUT2D eigenvalue weighted by molar-refractivity contribution is 5.88. The van der Waals surface area contributed by atoms with Crippen molar-refractivity contribution in [3.8, 4) is 0 Å². The summed E-state index contributed by atoms with van der Waals surface area (Å²) >= 11 is 0. The minimum absolute atomic E-state index is 0.0215. The van der Waals surface area contributed by atoms with E-state index in [0.29, 0.717) is 0 Å². The molecule has 0 fully saturated rings. The van der Waals surface area contributed by atoms with Gasteiger partial charge in [-0.1, -0.05) is 6.92 Å². The maximum atomic E-state index is 13.7. The lowest BCUT2D eigenvalue weighted by Crippen LogP contribution is -2.31. The molecule has 0 unspecified atom stereocenters. The van der Waals surface area contributed by atoms with Crippen molar-refractivity contribution in [2.45, 2.75) is 32.7 Å². The van der Waals surface area contributed by atoms with Gasteiger partial charge in [-0.15, -0.1) is 0 Å². The van der Waals surface area contributed by atoms with Crippen LogP contribution in [0.5, 0.6) is 0 Å². The standard InChI is InChI=1S/C11H15FN2O2/c1-4-11(2,3)14-9-8(12)7(10(15)16)5-6-13-9/h5-6H,4H2,1-3H3,(H,13,14)(H,15,16). The summed E-state index contributed by atoms with van der Waals surface area (Å²) in [5, 5.41) is 11.6. The van der Waals surface area contributed by atoms with Gasteiger partial charge in [0.1, 0.15) is 5.56 Å². The Bertz CT molecular complexity index is 405. The number of aromatic nitrogens is 1. The highest BCUT2D eigenvalue weighted by Gasteiger charge is 2.20. The number of rotatable bonds is 4. The predicted molar refractivity (Wildman–Crippen MR) is 59.1 cm³/mol. The van der Waals surface area contributed by atoms with Crippen molar-refractivity contribution in [2.24, 2.45) is 0 Å². The van der Waals surface area contributed by atoms with Crippen molar-refractivity contribution in [1.29, 1.82) is 0 Å². The third-order valence-corrected chi connectivity index (χ3v) is 2.46. The van der Waals surface area contributed by atoms with Gasteiger partial charge < -0.3 is 10.4 Å². The fourth-order valence-corrected chi connectivity index (χ4v) is 1.10. The van der Waals surface area contributed by atoms with Gasteiger partial charge in [0, 0.05) is 11.7 Å². The van der Waals surface area contributed by atoms with Crippen LogP contribution in [0.4, 0.5) is 10.2 Å². The Morgan fingerprint density at radius 2 is 2.25 bits per heavy atom. The summed E-state index contributed by atoms with van der Waals surface area (Å²) in [6.45, 7) is 5.73. The first-order chi connectivity index (χ1) is 7.37. The largest absolute Gasteiger partial charge is 0.478 e. The van der Waals surface area contributed by atoms with Gasteiger partial charge in [-0.25, -0.2) is 14.2 Å². The maximum Gasteiger partial charge on any atom is 0.338 e. The van der Waals surface area contributed by atoms with Gasteiger partial charge in [0.25, 0.3) is 0 Å². The van der Waals surface area contributed by atoms with Gasteiger partial charge in [0.15, 0.2) is 11.6 Å². The van der Waals surface area contributed by atoms with Crippen LogP contribution >= 0.6 is 0 Å². The topological polar surface area (TPSA) is 62.2 Å². The molecule has 0 aliphatic carbocycles. The molecule has 0 aliphatic heterocycles. The molecule has 0 atom stereocenters. The fourth-order valence-electron chi connectivity index (χ4n) is 1.10. The highest BCUT2D eigenvalue weighted by Crippen LogP contribution is 2.20. The van der Waals surface area contributed by atoms with Crippen molar-refractivity contribution in [1.82, 2.24) is 4.98 Å². The number of hydrogen-bond donors (Lipinski definition) is 2. The summed E-state index contributed by atoms with van der Waals surface area (Å²) in [4.78, 5) is 14.5. The minimum Gasteiger partial charge on any atom is -0.478 e. The second-order valence-electron chi connectivity index (χ2n) is 4.19. The number of halogens is 1. The number of carboxylic acid groups (broad SMARTS) is 1. The molecule has 0 spiro atoms. The summed E-state index contributed by atoms with van der Waals surface area (Å²) < 4.78 is 13.7. The van der Waals surface area contributed by atoms with E-state index in [1.54, 1.807) is 0 Å². The first-order valence-corrected chi connectivity index (χ1v) is 5.03. The smallest absolute Gasteiger partial charge is 0.338 e. The van der Waals surface area contributed by atoms with Crippen LogP contribution in [0, 0.1) is 5.82 Å². The van der Waals surface area contributed by atoms with Crippen molar-refractivity contribution >= 4 is 11.8 Å². The number of hydrogen-bond acceptors (Lipinski definition) is 3. The Morgan fingerprint density at radius 3 is 2.75 bits per heavy atom. The second kappa shape index (κ2) is 4.47. The zero-order valence-corrected chi connectivity index (χ0v) is 9.54. The van der Waals surface area contributed by atoms with E-state index in [1.807, 2.05) is 20.8 Å². The lowest BCUT2D eigenvalue weighted by atomic mass is 10.0. The third kappa shape index (κ3) is 2.68. The molecular formula is C11H15FN2O2. The molecule has 0 saturated heterocycles. The van der Waals surface area contributed by atoms with Crippen molar-refractivity contribution < 1.29 is 14.3 Å². The molecule has 1 aromatic heterocycles. The summed E-state index contributed by atoms with van der Waals surface area (Å²) in [5.41, 5.74) is -0.699. The number of nitrogens with one attached hydrogen (secondary N) is 1. The molecule has 0 amide bonds. The van der Waals surface area contributed by atoms with Gasteiger partial charge >= 0.3 is 5.97 Å². The SMILES string of the molecule is CCC(C)(C)Nc1nccc(C(=O)O)c1F. The lowest BCUT2D eigenvalue weighted by Gasteiger charge is -2.25. The van der Waals surface area contributed by atoms with E-state index in [-0.39, 0.29) is 16.9 Å². The van der Waals surface area contributed by atoms with Gasteiger partial charge in [0.2, 0.25) is 0 Å². The Hall–Kier alpha value is -1.65. The zero-order chi connectivity index (χ0) is 12.3. The summed E-state index contributed by atoms with van der Waals surface area (Å²) in [5.74, 6) is -2.14. The van der Waals surface area contributed by atoms with Gasteiger partial charge in [-0.2, -0.15) is 0 Å². The van der Waals surface area contributed by atoms with E-state index in [2.05, 4.69) is 10.3 Å². The molecular weight excluding hydrogens is 211 g/mol. The molecule has 1 aromatic rings. The molecule has 16 heavy (non-hydrogen) atoms. The van der Waals surface area contributed by atoms with Crippen LogP contribution in [0.1, 0.15) is 37.6 Å². The van der Waals surface area contributed by atoms with E-state index in [4.69, 9.17) is 5.11 Å². The molecule has 4 nitrogen and oxygen atoms in total. The third-order valence-electron chi connectivity index (χ3n) is 2.46. The summed E-state index contributed by atoms with van der Waals surface area (Å²) in [6, 6.07) is 1.14. The maximum absolute atomic E-state index is 13.7. The fraction of sp³-hybridized carbons (Fsp3) is 0.455.